The molecule has 36 heavy (non-hydrogen) atoms. The van der Waals surface area contributed by atoms with Crippen LogP contribution < -0.4 is 10.1 Å². The van der Waals surface area contributed by atoms with Crippen molar-refractivity contribution in [2.75, 3.05) is 5.32 Å². The zero-order chi connectivity index (χ0) is 24.7. The second kappa shape index (κ2) is 11.0. The standard InChI is InChI=1S/C31H30N4O/c1-22-12-16-25(17-13-22)28-29(36-21-24-8-4-2-5-9-24)31(33-27-18-14-23(20-32)15-19-27)35-30(34-28)26-10-6-3-7-11-26/h2,4-5,8-9,12-19,26H,3,6-7,10-11,21H2,1H3,(H,33,34,35). The lowest BCUT2D eigenvalue weighted by molar-refractivity contribution is 0.306. The molecule has 0 aliphatic heterocycles. The molecule has 1 aliphatic carbocycles. The summed E-state index contributed by atoms with van der Waals surface area (Å²) < 4.78 is 6.46. The molecule has 0 spiro atoms. The zero-order valence-corrected chi connectivity index (χ0v) is 20.6. The second-order valence-electron chi connectivity index (χ2n) is 9.40. The number of aromatic nitrogens is 2. The molecule has 1 aliphatic rings. The fourth-order valence-corrected chi connectivity index (χ4v) is 4.63. The Morgan fingerprint density at radius 1 is 0.889 bits per heavy atom. The Bertz CT molecular complexity index is 1340. The van der Waals surface area contributed by atoms with Crippen LogP contribution in [-0.2, 0) is 6.61 Å². The summed E-state index contributed by atoms with van der Waals surface area (Å²) in [7, 11) is 0. The van der Waals surface area contributed by atoms with Gasteiger partial charge in [-0.2, -0.15) is 5.26 Å². The molecule has 0 atom stereocenters. The summed E-state index contributed by atoms with van der Waals surface area (Å²) in [6, 6.07) is 28.1. The topological polar surface area (TPSA) is 70.8 Å². The molecule has 3 aromatic carbocycles. The minimum absolute atomic E-state index is 0.340. The highest BCUT2D eigenvalue weighted by Crippen LogP contribution is 2.40. The molecule has 5 nitrogen and oxygen atoms in total. The lowest BCUT2D eigenvalue weighted by Gasteiger charge is -2.23. The van der Waals surface area contributed by atoms with Crippen molar-refractivity contribution in [3.8, 4) is 23.1 Å². The number of benzene rings is 3. The maximum absolute atomic E-state index is 9.19. The van der Waals surface area contributed by atoms with E-state index < -0.39 is 0 Å². The molecule has 4 aromatic rings. The van der Waals surface area contributed by atoms with Crippen LogP contribution in [0.15, 0.2) is 78.9 Å². The monoisotopic (exact) mass is 474 g/mol. The van der Waals surface area contributed by atoms with E-state index in [1.807, 2.05) is 30.3 Å². The third kappa shape index (κ3) is 5.55. The third-order valence-electron chi connectivity index (χ3n) is 6.68. The van der Waals surface area contributed by atoms with E-state index in [1.165, 1.54) is 24.8 Å². The summed E-state index contributed by atoms with van der Waals surface area (Å²) in [6.45, 7) is 2.50. The molecular weight excluding hydrogens is 444 g/mol. The van der Waals surface area contributed by atoms with E-state index in [2.05, 4.69) is 54.7 Å². The van der Waals surface area contributed by atoms with E-state index in [1.54, 1.807) is 12.1 Å². The van der Waals surface area contributed by atoms with Gasteiger partial charge in [0.25, 0.3) is 0 Å². The second-order valence-corrected chi connectivity index (χ2v) is 9.40. The van der Waals surface area contributed by atoms with Gasteiger partial charge in [-0.1, -0.05) is 79.4 Å². The quantitative estimate of drug-likeness (QED) is 0.297. The van der Waals surface area contributed by atoms with Crippen molar-refractivity contribution in [2.45, 2.75) is 51.6 Å². The highest BCUT2D eigenvalue weighted by molar-refractivity contribution is 5.76. The third-order valence-corrected chi connectivity index (χ3v) is 6.68. The van der Waals surface area contributed by atoms with E-state index in [-0.39, 0.29) is 0 Å². The number of ether oxygens (including phenoxy) is 1. The normalized spacial score (nSPS) is 13.7. The van der Waals surface area contributed by atoms with Gasteiger partial charge in [0.1, 0.15) is 18.1 Å². The Kier molecular flexibility index (Phi) is 7.23. The first-order chi connectivity index (χ1) is 17.7. The van der Waals surface area contributed by atoms with Crippen LogP contribution in [0.1, 0.15) is 60.5 Å². The molecule has 1 fully saturated rings. The largest absolute Gasteiger partial charge is 0.483 e. The van der Waals surface area contributed by atoms with Gasteiger partial charge in [0.05, 0.1) is 11.6 Å². The number of nitriles is 1. The predicted molar refractivity (Wildman–Crippen MR) is 143 cm³/mol. The number of rotatable bonds is 7. The minimum Gasteiger partial charge on any atom is -0.483 e. The van der Waals surface area contributed by atoms with E-state index in [9.17, 15) is 5.26 Å². The van der Waals surface area contributed by atoms with Crippen molar-refractivity contribution in [3.05, 3.63) is 101 Å². The fraction of sp³-hybridized carbons (Fsp3) is 0.258. The maximum atomic E-state index is 9.19. The molecule has 180 valence electrons. The van der Waals surface area contributed by atoms with Crippen molar-refractivity contribution < 1.29 is 4.74 Å². The van der Waals surface area contributed by atoms with Gasteiger partial charge in [-0.3, -0.25) is 0 Å². The van der Waals surface area contributed by atoms with Crippen LogP contribution in [0, 0.1) is 18.3 Å². The minimum atomic E-state index is 0.340. The number of nitrogens with zero attached hydrogens (tertiary/aromatic N) is 3. The fourth-order valence-electron chi connectivity index (χ4n) is 4.63. The van der Waals surface area contributed by atoms with Gasteiger partial charge in [-0.25, -0.2) is 9.97 Å². The lowest BCUT2D eigenvalue weighted by atomic mass is 9.88. The van der Waals surface area contributed by atoms with Crippen LogP contribution >= 0.6 is 0 Å². The van der Waals surface area contributed by atoms with Gasteiger partial charge in [0, 0.05) is 17.2 Å². The summed E-state index contributed by atoms with van der Waals surface area (Å²) in [4.78, 5) is 10.2. The zero-order valence-electron chi connectivity index (χ0n) is 20.6. The number of aryl methyl sites for hydroxylation is 1. The molecule has 1 heterocycles. The molecule has 1 aromatic heterocycles. The average molecular weight is 475 g/mol. The Morgan fingerprint density at radius 2 is 1.61 bits per heavy atom. The number of nitrogens with one attached hydrogen (secondary N) is 1. The van der Waals surface area contributed by atoms with Crippen molar-refractivity contribution in [3.63, 3.8) is 0 Å². The Morgan fingerprint density at radius 3 is 2.31 bits per heavy atom. The van der Waals surface area contributed by atoms with Gasteiger partial charge in [-0.05, 0) is 49.6 Å². The summed E-state index contributed by atoms with van der Waals surface area (Å²) in [5.74, 6) is 2.49. The molecule has 1 saturated carbocycles. The van der Waals surface area contributed by atoms with Crippen molar-refractivity contribution in [1.82, 2.24) is 9.97 Å². The average Bonchev–Trinajstić information content (AvgIpc) is 2.94. The van der Waals surface area contributed by atoms with Crippen LogP contribution in [0.3, 0.4) is 0 Å². The van der Waals surface area contributed by atoms with E-state index in [4.69, 9.17) is 14.7 Å². The SMILES string of the molecule is Cc1ccc(-c2nc(C3CCCCC3)nc(Nc3ccc(C#N)cc3)c2OCc2ccccc2)cc1. The molecule has 0 radical (unpaired) electrons. The first-order valence-corrected chi connectivity index (χ1v) is 12.6. The maximum Gasteiger partial charge on any atom is 0.188 e. The number of anilines is 2. The first-order valence-electron chi connectivity index (χ1n) is 12.6. The molecular formula is C31H30N4O. The van der Waals surface area contributed by atoms with Gasteiger partial charge < -0.3 is 10.1 Å². The summed E-state index contributed by atoms with van der Waals surface area (Å²) in [5, 5.41) is 12.7. The van der Waals surface area contributed by atoms with Gasteiger partial charge in [0.2, 0.25) is 0 Å². The van der Waals surface area contributed by atoms with E-state index >= 15 is 0 Å². The van der Waals surface area contributed by atoms with Crippen LogP contribution in [0.2, 0.25) is 0 Å². The van der Waals surface area contributed by atoms with Gasteiger partial charge in [-0.15, -0.1) is 0 Å². The van der Waals surface area contributed by atoms with Crippen molar-refractivity contribution >= 4 is 11.5 Å². The first kappa shape index (κ1) is 23.6. The smallest absolute Gasteiger partial charge is 0.188 e. The Hall–Kier alpha value is -4.17. The van der Waals surface area contributed by atoms with Crippen LogP contribution in [0.25, 0.3) is 11.3 Å². The number of hydrogen-bond acceptors (Lipinski definition) is 5. The van der Waals surface area contributed by atoms with E-state index in [0.29, 0.717) is 29.7 Å². The van der Waals surface area contributed by atoms with Crippen LogP contribution in [0.4, 0.5) is 11.5 Å². The Balaban J connectivity index is 1.61. The van der Waals surface area contributed by atoms with E-state index in [0.717, 1.165) is 41.2 Å². The molecule has 0 saturated heterocycles. The highest BCUT2D eigenvalue weighted by atomic mass is 16.5. The van der Waals surface area contributed by atoms with Crippen molar-refractivity contribution in [2.24, 2.45) is 0 Å². The summed E-state index contributed by atoms with van der Waals surface area (Å²) >= 11 is 0. The molecule has 5 heteroatoms. The molecule has 0 unspecified atom stereocenters. The van der Waals surface area contributed by atoms with Crippen LogP contribution in [-0.4, -0.2) is 9.97 Å². The Labute approximate surface area is 212 Å². The molecule has 1 N–H and O–H groups in total. The summed E-state index contributed by atoms with van der Waals surface area (Å²) in [6.07, 6.45) is 5.90. The highest BCUT2D eigenvalue weighted by Gasteiger charge is 2.24. The predicted octanol–water partition coefficient (Wildman–Crippen LogP) is 7.69. The lowest BCUT2D eigenvalue weighted by Crippen LogP contribution is -2.13. The number of hydrogen-bond donors (Lipinski definition) is 1. The molecule has 5 rings (SSSR count). The van der Waals surface area contributed by atoms with Gasteiger partial charge in [0.15, 0.2) is 11.6 Å². The van der Waals surface area contributed by atoms with Gasteiger partial charge >= 0.3 is 0 Å². The van der Waals surface area contributed by atoms with Crippen molar-refractivity contribution in [1.29, 1.82) is 5.26 Å². The molecule has 0 bridgehead atoms. The summed E-state index contributed by atoms with van der Waals surface area (Å²) in [5.41, 5.74) is 5.55. The van der Waals surface area contributed by atoms with Crippen LogP contribution in [0.5, 0.6) is 5.75 Å². The molecule has 0 amide bonds.